The highest BCUT2D eigenvalue weighted by molar-refractivity contribution is 6.28. The average molecular weight is 108 g/mol. The largest absolute Gasteiger partial charge is 0.361 e. The van der Waals surface area contributed by atoms with Crippen molar-refractivity contribution in [1.29, 1.82) is 0 Å². The maximum atomic E-state index is 10.4. The van der Waals surface area contributed by atoms with Crippen molar-refractivity contribution >= 4 is 12.0 Å². The van der Waals surface area contributed by atoms with Crippen molar-refractivity contribution in [2.45, 2.75) is 0 Å². The Morgan fingerprint density at radius 1 is 1.75 bits per heavy atom. The fourth-order valence-electron chi connectivity index (χ4n) is 0.388. The minimum atomic E-state index is -0.160. The third kappa shape index (κ3) is 0.891. The molecule has 0 spiro atoms. The summed E-state index contributed by atoms with van der Waals surface area (Å²) >= 11 is 0. The molecule has 0 aromatic rings. The highest BCUT2D eigenvalue weighted by atomic mass is 16.1. The van der Waals surface area contributed by atoms with Gasteiger partial charge in [-0.2, -0.15) is 4.79 Å². The molecule has 0 aromatic heterocycles. The van der Waals surface area contributed by atoms with Crippen LogP contribution in [0.15, 0.2) is 12.2 Å². The molecule has 0 N–H and O–H groups in total. The van der Waals surface area contributed by atoms with E-state index in [1.807, 2.05) is 0 Å². The van der Waals surface area contributed by atoms with Crippen LogP contribution in [0.4, 0.5) is 0 Å². The van der Waals surface area contributed by atoms with Gasteiger partial charge in [0.15, 0.2) is 0 Å². The molecule has 0 fully saturated rings. The molecule has 3 heteroatoms. The molecule has 1 aliphatic rings. The lowest BCUT2D eigenvalue weighted by atomic mass is 10.3. The molecule has 8 heavy (non-hydrogen) atoms. The van der Waals surface area contributed by atoms with Crippen molar-refractivity contribution in [3.63, 3.8) is 0 Å². The second kappa shape index (κ2) is 1.72. The Bertz CT molecular complexity index is 183. The molecule has 0 radical (unpaired) electrons. The minimum Gasteiger partial charge on any atom is -0.361 e. The minimum absolute atomic E-state index is 0.0779. The van der Waals surface area contributed by atoms with Crippen molar-refractivity contribution in [3.05, 3.63) is 17.7 Å². The molecule has 3 nitrogen and oxygen atoms in total. The molecule has 1 aliphatic carbocycles. The van der Waals surface area contributed by atoms with Crippen molar-refractivity contribution in [2.24, 2.45) is 5.92 Å². The first-order valence-corrected chi connectivity index (χ1v) is 2.24. The molecule has 0 unspecified atom stereocenters. The zero-order valence-electron chi connectivity index (χ0n) is 4.11. The number of carbonyl (C=O) groups is 1. The van der Waals surface area contributed by atoms with Crippen LogP contribution in [-0.4, -0.2) is 16.8 Å². The molecule has 1 rings (SSSR count). The molecular formula is C5H4N2O. The van der Waals surface area contributed by atoms with Gasteiger partial charge in [-0.05, 0) is 0 Å². The quantitative estimate of drug-likeness (QED) is 0.213. The highest BCUT2D eigenvalue weighted by Gasteiger charge is 2.21. The maximum Gasteiger partial charge on any atom is 0.324 e. The second-order valence-electron chi connectivity index (χ2n) is 1.56. The summed E-state index contributed by atoms with van der Waals surface area (Å²) in [7, 11) is 0. The number of Topliss-reactive ketones (excluding diaryl/α,β-unsaturated/α-hetero) is 1. The number of allylic oxidation sites excluding steroid dienone is 2. The van der Waals surface area contributed by atoms with Crippen LogP contribution in [0.2, 0.25) is 0 Å². The van der Waals surface area contributed by atoms with E-state index in [0.29, 0.717) is 0 Å². The number of carbonyl (C=O) groups excluding carboxylic acids is 1. The highest BCUT2D eigenvalue weighted by Crippen LogP contribution is 2.14. The molecular weight excluding hydrogens is 104 g/mol. The molecule has 0 amide bonds. The maximum absolute atomic E-state index is 10.4. The lowest BCUT2D eigenvalue weighted by molar-refractivity contribution is -0.116. The van der Waals surface area contributed by atoms with Gasteiger partial charge >= 0.3 is 6.21 Å². The zero-order chi connectivity index (χ0) is 5.98. The molecule has 0 aliphatic heterocycles. The van der Waals surface area contributed by atoms with Crippen molar-refractivity contribution < 1.29 is 9.58 Å². The van der Waals surface area contributed by atoms with E-state index in [2.05, 4.69) is 4.79 Å². The van der Waals surface area contributed by atoms with E-state index in [1.54, 1.807) is 12.2 Å². The van der Waals surface area contributed by atoms with Crippen LogP contribution in [0.5, 0.6) is 0 Å². The van der Waals surface area contributed by atoms with E-state index < -0.39 is 0 Å². The van der Waals surface area contributed by atoms with Gasteiger partial charge in [-0.25, -0.2) is 0 Å². The summed E-state index contributed by atoms with van der Waals surface area (Å²) < 4.78 is 0. The molecule has 0 saturated carbocycles. The average Bonchev–Trinajstić information content (AvgIpc) is 2.45. The summed E-state index contributed by atoms with van der Waals surface area (Å²) in [5.74, 6) is -0.238. The smallest absolute Gasteiger partial charge is 0.324 e. The number of rotatable bonds is 2. The Hall–Kier alpha value is -1.21. The summed E-state index contributed by atoms with van der Waals surface area (Å²) in [4.78, 5) is 13.0. The Kier molecular flexibility index (Phi) is 1.06. The predicted molar refractivity (Wildman–Crippen MR) is 27.3 cm³/mol. The standard InChI is InChI=1S/C5H4N2O/c6-7-3-5(8)4-1-2-4/h1-4H. The Labute approximate surface area is 46.2 Å². The first kappa shape index (κ1) is 4.94. The van der Waals surface area contributed by atoms with E-state index in [0.717, 1.165) is 6.21 Å². The van der Waals surface area contributed by atoms with Gasteiger partial charge in [-0.1, -0.05) is 12.2 Å². The first-order chi connectivity index (χ1) is 3.84. The molecule has 40 valence electrons. The Balaban J connectivity index is 2.46. The van der Waals surface area contributed by atoms with Crippen molar-refractivity contribution in [3.8, 4) is 0 Å². The molecule has 0 aromatic carbocycles. The number of nitrogens with zero attached hydrogens (tertiary/aromatic N) is 2. The number of ketones is 1. The SMILES string of the molecule is [N-]=[N+]=CC(=O)C1C=C1. The molecule has 0 bridgehead atoms. The van der Waals surface area contributed by atoms with Gasteiger partial charge in [-0.15, -0.1) is 0 Å². The third-order valence-electron chi connectivity index (χ3n) is 0.898. The van der Waals surface area contributed by atoms with Gasteiger partial charge in [0.2, 0.25) is 5.78 Å². The van der Waals surface area contributed by atoms with E-state index in [9.17, 15) is 4.79 Å². The zero-order valence-corrected chi connectivity index (χ0v) is 4.11. The van der Waals surface area contributed by atoms with Crippen LogP contribution in [0.25, 0.3) is 5.53 Å². The first-order valence-electron chi connectivity index (χ1n) is 2.24. The van der Waals surface area contributed by atoms with Crippen LogP contribution in [0.3, 0.4) is 0 Å². The molecule has 0 saturated heterocycles. The van der Waals surface area contributed by atoms with Gasteiger partial charge in [0, 0.05) is 0 Å². The van der Waals surface area contributed by atoms with Gasteiger partial charge in [0.25, 0.3) is 0 Å². The van der Waals surface area contributed by atoms with Gasteiger partial charge in [-0.3, -0.25) is 4.79 Å². The van der Waals surface area contributed by atoms with Crippen molar-refractivity contribution in [2.75, 3.05) is 0 Å². The predicted octanol–water partition coefficient (Wildman–Crippen LogP) is 0.0421. The van der Waals surface area contributed by atoms with Crippen molar-refractivity contribution in [1.82, 2.24) is 0 Å². The van der Waals surface area contributed by atoms with Gasteiger partial charge in [0.1, 0.15) is 0 Å². The van der Waals surface area contributed by atoms with Gasteiger partial charge < -0.3 is 5.53 Å². The monoisotopic (exact) mass is 108 g/mol. The second-order valence-corrected chi connectivity index (χ2v) is 1.56. The Morgan fingerprint density at radius 2 is 2.38 bits per heavy atom. The van der Waals surface area contributed by atoms with E-state index in [1.165, 1.54) is 0 Å². The van der Waals surface area contributed by atoms with E-state index in [-0.39, 0.29) is 11.7 Å². The van der Waals surface area contributed by atoms with Gasteiger partial charge in [0.05, 0.1) is 5.92 Å². The topological polar surface area (TPSA) is 53.5 Å². The number of hydrogen-bond acceptors (Lipinski definition) is 1. The fourth-order valence-corrected chi connectivity index (χ4v) is 0.388. The fraction of sp³-hybridized carbons (Fsp3) is 0.200. The normalized spacial score (nSPS) is 15.0. The summed E-state index contributed by atoms with van der Waals surface area (Å²) in [6, 6.07) is 0. The van der Waals surface area contributed by atoms with Crippen LogP contribution in [-0.2, 0) is 4.79 Å². The summed E-state index contributed by atoms with van der Waals surface area (Å²) in [6.07, 6.45) is 4.39. The lowest BCUT2D eigenvalue weighted by Gasteiger charge is -1.74. The summed E-state index contributed by atoms with van der Waals surface area (Å²) in [5.41, 5.74) is 7.83. The van der Waals surface area contributed by atoms with Crippen LogP contribution in [0.1, 0.15) is 0 Å². The summed E-state index contributed by atoms with van der Waals surface area (Å²) in [6.45, 7) is 0. The van der Waals surface area contributed by atoms with E-state index in [4.69, 9.17) is 5.53 Å². The Morgan fingerprint density at radius 3 is 2.75 bits per heavy atom. The van der Waals surface area contributed by atoms with Crippen LogP contribution in [0, 0.1) is 5.92 Å². The molecule has 0 atom stereocenters. The molecule has 0 heterocycles. The number of hydrogen-bond donors (Lipinski definition) is 0. The summed E-state index contributed by atoms with van der Waals surface area (Å²) in [5, 5.41) is 0. The van der Waals surface area contributed by atoms with Crippen LogP contribution >= 0.6 is 0 Å². The van der Waals surface area contributed by atoms with Crippen LogP contribution < -0.4 is 0 Å². The lowest BCUT2D eigenvalue weighted by Crippen LogP contribution is -2.02. The van der Waals surface area contributed by atoms with E-state index >= 15 is 0 Å². The third-order valence-corrected chi connectivity index (χ3v) is 0.898.